The van der Waals surface area contributed by atoms with Crippen molar-refractivity contribution in [2.75, 3.05) is 19.5 Å². The number of carbonyl (C=O) groups excluding carboxylic acids is 1. The molecule has 0 saturated carbocycles. The molecule has 9 nitrogen and oxygen atoms in total. The van der Waals surface area contributed by atoms with Crippen LogP contribution in [0.15, 0.2) is 52.4 Å². The molecule has 0 unspecified atom stereocenters. The zero-order chi connectivity index (χ0) is 19.1. The van der Waals surface area contributed by atoms with E-state index in [1.54, 1.807) is 42.5 Å². The number of rotatable bonds is 5. The second-order valence-corrected chi connectivity index (χ2v) is 5.05. The molecule has 0 aromatic heterocycles. The minimum absolute atomic E-state index is 0.156. The number of carbonyl (C=O) groups is 1. The van der Waals surface area contributed by atoms with Crippen LogP contribution in [0.25, 0.3) is 0 Å². The first-order valence-electron chi connectivity index (χ1n) is 7.50. The molecule has 0 fully saturated rings. The van der Waals surface area contributed by atoms with E-state index in [0.29, 0.717) is 28.4 Å². The van der Waals surface area contributed by atoms with Crippen molar-refractivity contribution in [1.82, 2.24) is 0 Å². The third-order valence-corrected chi connectivity index (χ3v) is 3.27. The number of benzene rings is 2. The first-order chi connectivity index (χ1) is 12.4. The van der Waals surface area contributed by atoms with E-state index < -0.39 is 0 Å². The van der Waals surface area contributed by atoms with Gasteiger partial charge in [0.25, 0.3) is 5.91 Å². The molecule has 0 heterocycles. The Morgan fingerprint density at radius 3 is 2.35 bits per heavy atom. The van der Waals surface area contributed by atoms with Gasteiger partial charge in [-0.15, -0.1) is 0 Å². The number of nitrogens with one attached hydrogen (secondary N) is 1. The molecule has 0 atom stereocenters. The highest BCUT2D eigenvalue weighted by Crippen LogP contribution is 2.30. The Labute approximate surface area is 150 Å². The Bertz CT molecular complexity index is 859. The van der Waals surface area contributed by atoms with Gasteiger partial charge in [-0.2, -0.15) is 4.99 Å². The predicted octanol–water partition coefficient (Wildman–Crippen LogP) is 1.18. The zero-order valence-electron chi connectivity index (χ0n) is 14.4. The Morgan fingerprint density at radius 1 is 1.00 bits per heavy atom. The Morgan fingerprint density at radius 2 is 1.69 bits per heavy atom. The van der Waals surface area contributed by atoms with Crippen LogP contribution < -0.4 is 32.0 Å². The molecule has 0 aliphatic heterocycles. The highest BCUT2D eigenvalue weighted by Gasteiger charge is 2.13. The van der Waals surface area contributed by atoms with Gasteiger partial charge in [0.15, 0.2) is 17.5 Å². The minimum Gasteiger partial charge on any atom is -0.493 e. The number of hydrogen-bond acceptors (Lipinski definition) is 4. The second-order valence-electron chi connectivity index (χ2n) is 5.05. The van der Waals surface area contributed by atoms with E-state index in [1.807, 2.05) is 0 Å². The number of para-hydroxylation sites is 1. The Kier molecular flexibility index (Phi) is 5.99. The molecular weight excluding hydrogens is 336 g/mol. The van der Waals surface area contributed by atoms with Crippen LogP contribution in [0.4, 0.5) is 11.4 Å². The van der Waals surface area contributed by atoms with Crippen molar-refractivity contribution in [2.45, 2.75) is 0 Å². The van der Waals surface area contributed by atoms with E-state index in [0.717, 1.165) is 0 Å². The number of anilines is 1. The van der Waals surface area contributed by atoms with Crippen LogP contribution in [0.3, 0.4) is 0 Å². The summed E-state index contributed by atoms with van der Waals surface area (Å²) in [6, 6.07) is 11.7. The number of hydrogen-bond donors (Lipinski definition) is 4. The van der Waals surface area contributed by atoms with E-state index in [4.69, 9.17) is 26.7 Å². The van der Waals surface area contributed by atoms with Crippen LogP contribution >= 0.6 is 0 Å². The molecule has 0 saturated heterocycles. The van der Waals surface area contributed by atoms with Crippen LogP contribution in [0.5, 0.6) is 11.5 Å². The van der Waals surface area contributed by atoms with Gasteiger partial charge in [0, 0.05) is 11.8 Å². The van der Waals surface area contributed by atoms with Crippen LogP contribution in [0.1, 0.15) is 10.4 Å². The molecule has 0 bridgehead atoms. The van der Waals surface area contributed by atoms with Crippen molar-refractivity contribution >= 4 is 29.2 Å². The summed E-state index contributed by atoms with van der Waals surface area (Å²) in [5.41, 5.74) is 17.3. The average Bonchev–Trinajstić information content (AvgIpc) is 2.61. The van der Waals surface area contributed by atoms with E-state index in [2.05, 4.69) is 15.3 Å². The maximum atomic E-state index is 12.6. The molecule has 0 spiro atoms. The van der Waals surface area contributed by atoms with E-state index in [1.165, 1.54) is 14.2 Å². The molecule has 0 radical (unpaired) electrons. The van der Waals surface area contributed by atoms with E-state index in [-0.39, 0.29) is 17.8 Å². The summed E-state index contributed by atoms with van der Waals surface area (Å²) in [5.74, 6) is 0.290. The summed E-state index contributed by atoms with van der Waals surface area (Å²) in [7, 11) is 3.05. The molecule has 2 aromatic carbocycles. The summed E-state index contributed by atoms with van der Waals surface area (Å²) in [6.07, 6.45) is 0. The Balaban J connectivity index is 2.30. The molecule has 0 aliphatic rings. The Hall–Kier alpha value is -3.75. The topological polar surface area (TPSA) is 150 Å². The second kappa shape index (κ2) is 8.38. The first-order valence-corrected chi connectivity index (χ1v) is 7.50. The molecule has 7 N–H and O–H groups in total. The number of nitrogens with two attached hydrogens (primary N) is 3. The summed E-state index contributed by atoms with van der Waals surface area (Å²) < 4.78 is 10.4. The lowest BCUT2D eigenvalue weighted by molar-refractivity contribution is 0.102. The highest BCUT2D eigenvalue weighted by atomic mass is 16.5. The van der Waals surface area contributed by atoms with Gasteiger partial charge in [-0.25, -0.2) is 4.99 Å². The molecule has 136 valence electrons. The molecule has 9 heteroatoms. The standard InChI is InChI=1S/C17H20N6O3/c1-25-13-8-7-10(9-14(13)26-2)21-15(24)11-5-3-4-6-12(11)22-17(20)23-16(18)19/h3-9H,1-2H3,(H,21,24)(H6,18,19,20,22,23). The zero-order valence-corrected chi connectivity index (χ0v) is 14.4. The third-order valence-electron chi connectivity index (χ3n) is 3.27. The first kappa shape index (κ1) is 18.6. The van der Waals surface area contributed by atoms with Crippen LogP contribution in [0, 0.1) is 0 Å². The third kappa shape index (κ3) is 4.63. The van der Waals surface area contributed by atoms with Crippen molar-refractivity contribution < 1.29 is 14.3 Å². The van der Waals surface area contributed by atoms with Gasteiger partial charge in [-0.1, -0.05) is 12.1 Å². The summed E-state index contributed by atoms with van der Waals surface area (Å²) in [5, 5.41) is 2.77. The smallest absolute Gasteiger partial charge is 0.257 e. The largest absolute Gasteiger partial charge is 0.493 e. The molecule has 2 aromatic rings. The van der Waals surface area contributed by atoms with Crippen LogP contribution in [0.2, 0.25) is 0 Å². The molecule has 26 heavy (non-hydrogen) atoms. The van der Waals surface area contributed by atoms with Crippen molar-refractivity contribution in [3.8, 4) is 11.5 Å². The quantitative estimate of drug-likeness (QED) is 0.466. The maximum Gasteiger partial charge on any atom is 0.257 e. The monoisotopic (exact) mass is 356 g/mol. The summed E-state index contributed by atoms with van der Waals surface area (Å²) >= 11 is 0. The van der Waals surface area contributed by atoms with Gasteiger partial charge < -0.3 is 32.0 Å². The summed E-state index contributed by atoms with van der Waals surface area (Å²) in [4.78, 5) is 20.3. The van der Waals surface area contributed by atoms with Crippen LogP contribution in [-0.4, -0.2) is 32.0 Å². The molecule has 0 aliphatic carbocycles. The minimum atomic E-state index is -0.380. The van der Waals surface area contributed by atoms with Gasteiger partial charge in [-0.05, 0) is 24.3 Å². The van der Waals surface area contributed by atoms with Gasteiger partial charge in [0.05, 0.1) is 25.5 Å². The highest BCUT2D eigenvalue weighted by molar-refractivity contribution is 6.08. The number of nitrogens with zero attached hydrogens (tertiary/aromatic N) is 2. The normalized spacial score (nSPS) is 10.8. The summed E-state index contributed by atoms with van der Waals surface area (Å²) in [6.45, 7) is 0. The lowest BCUT2D eigenvalue weighted by Gasteiger charge is -2.11. The van der Waals surface area contributed by atoms with Gasteiger partial charge >= 0.3 is 0 Å². The number of amides is 1. The molecular formula is C17H20N6O3. The fourth-order valence-corrected chi connectivity index (χ4v) is 2.16. The maximum absolute atomic E-state index is 12.6. The van der Waals surface area contributed by atoms with Gasteiger partial charge in [-0.3, -0.25) is 4.79 Å². The predicted molar refractivity (Wildman–Crippen MR) is 101 cm³/mol. The van der Waals surface area contributed by atoms with Gasteiger partial charge in [0.2, 0.25) is 5.96 Å². The van der Waals surface area contributed by atoms with E-state index in [9.17, 15) is 4.79 Å². The van der Waals surface area contributed by atoms with Gasteiger partial charge in [0.1, 0.15) is 0 Å². The van der Waals surface area contributed by atoms with Crippen molar-refractivity contribution in [2.24, 2.45) is 27.2 Å². The number of methoxy groups -OCH3 is 2. The fraction of sp³-hybridized carbons (Fsp3) is 0.118. The lowest BCUT2D eigenvalue weighted by Crippen LogP contribution is -2.26. The van der Waals surface area contributed by atoms with Crippen molar-refractivity contribution in [3.05, 3.63) is 48.0 Å². The SMILES string of the molecule is COc1ccc(NC(=O)c2ccccc2N=C(N)N=C(N)N)cc1OC. The fourth-order valence-electron chi connectivity index (χ4n) is 2.16. The van der Waals surface area contributed by atoms with Crippen LogP contribution in [-0.2, 0) is 0 Å². The van der Waals surface area contributed by atoms with Crippen molar-refractivity contribution in [1.29, 1.82) is 0 Å². The number of guanidine groups is 2. The molecule has 1 amide bonds. The van der Waals surface area contributed by atoms with Crippen molar-refractivity contribution in [3.63, 3.8) is 0 Å². The number of ether oxygens (including phenoxy) is 2. The average molecular weight is 356 g/mol. The lowest BCUT2D eigenvalue weighted by atomic mass is 10.1. The number of aliphatic imine (C=N–C) groups is 2. The van der Waals surface area contributed by atoms with E-state index >= 15 is 0 Å². The molecule has 2 rings (SSSR count).